The first-order valence-corrected chi connectivity index (χ1v) is 11.0. The highest BCUT2D eigenvalue weighted by atomic mass is 14.0. The minimum Gasteiger partial charge on any atom is -0.0982 e. The van der Waals surface area contributed by atoms with Crippen LogP contribution in [0.25, 0.3) is 0 Å². The molecule has 0 heterocycles. The molecule has 0 N–H and O–H groups in total. The van der Waals surface area contributed by atoms with Crippen molar-refractivity contribution in [1.82, 2.24) is 0 Å². The van der Waals surface area contributed by atoms with Gasteiger partial charge in [0.1, 0.15) is 0 Å². The summed E-state index contributed by atoms with van der Waals surface area (Å²) in [5, 5.41) is 0. The molecule has 0 heteroatoms. The van der Waals surface area contributed by atoms with Crippen LogP contribution in [0.4, 0.5) is 0 Å². The summed E-state index contributed by atoms with van der Waals surface area (Å²) in [5.41, 5.74) is 2.18. The van der Waals surface area contributed by atoms with Gasteiger partial charge in [-0.05, 0) is 32.1 Å². The highest BCUT2D eigenvalue weighted by Crippen LogP contribution is 2.13. The third-order valence-corrected chi connectivity index (χ3v) is 4.21. The van der Waals surface area contributed by atoms with Crippen molar-refractivity contribution >= 4 is 0 Å². The SMILES string of the molecule is CCCCC#CC(C#CCCCC)=C(C#CCCCCC)CCCCC. The average molecular weight is 353 g/mol. The molecule has 0 aromatic rings. The van der Waals surface area contributed by atoms with Gasteiger partial charge in [-0.1, -0.05) is 102 Å². The molecule has 0 aromatic carbocycles. The average Bonchev–Trinajstić information content (AvgIpc) is 2.65. The van der Waals surface area contributed by atoms with E-state index in [9.17, 15) is 0 Å². The van der Waals surface area contributed by atoms with Gasteiger partial charge in [-0.25, -0.2) is 0 Å². The molecule has 0 atom stereocenters. The number of hydrogen-bond acceptors (Lipinski definition) is 0. The van der Waals surface area contributed by atoms with Crippen molar-refractivity contribution in [3.05, 3.63) is 11.1 Å². The van der Waals surface area contributed by atoms with Crippen LogP contribution >= 0.6 is 0 Å². The maximum Gasteiger partial charge on any atom is 0.0859 e. The maximum atomic E-state index is 3.44. The van der Waals surface area contributed by atoms with E-state index in [1.807, 2.05) is 0 Å². The lowest BCUT2D eigenvalue weighted by molar-refractivity contribution is 0.719. The van der Waals surface area contributed by atoms with Crippen LogP contribution in [0, 0.1) is 35.5 Å². The first-order valence-electron chi connectivity index (χ1n) is 11.0. The van der Waals surface area contributed by atoms with Crippen LogP contribution in [0.3, 0.4) is 0 Å². The van der Waals surface area contributed by atoms with E-state index >= 15 is 0 Å². The molecule has 0 saturated heterocycles. The summed E-state index contributed by atoms with van der Waals surface area (Å²) in [6.07, 6.45) is 16.0. The quantitative estimate of drug-likeness (QED) is 0.262. The van der Waals surface area contributed by atoms with Gasteiger partial charge in [0.25, 0.3) is 0 Å². The van der Waals surface area contributed by atoms with Gasteiger partial charge >= 0.3 is 0 Å². The zero-order valence-electron chi connectivity index (χ0n) is 17.9. The van der Waals surface area contributed by atoms with E-state index in [-0.39, 0.29) is 0 Å². The number of unbranched alkanes of at least 4 members (excludes halogenated alkanes) is 9. The predicted octanol–water partition coefficient (Wildman–Crippen LogP) is 7.83. The number of rotatable bonds is 11. The summed E-state index contributed by atoms with van der Waals surface area (Å²) in [4.78, 5) is 0. The van der Waals surface area contributed by atoms with Crippen LogP contribution in [-0.4, -0.2) is 0 Å². The van der Waals surface area contributed by atoms with E-state index in [2.05, 4.69) is 63.2 Å². The van der Waals surface area contributed by atoms with Crippen molar-refractivity contribution in [2.75, 3.05) is 0 Å². The molecular weight excluding hydrogens is 312 g/mol. The van der Waals surface area contributed by atoms with Crippen molar-refractivity contribution in [3.63, 3.8) is 0 Å². The van der Waals surface area contributed by atoms with E-state index in [0.29, 0.717) is 0 Å². The molecule has 0 saturated carbocycles. The van der Waals surface area contributed by atoms with Crippen molar-refractivity contribution in [2.24, 2.45) is 0 Å². The van der Waals surface area contributed by atoms with Gasteiger partial charge in [0.15, 0.2) is 0 Å². The Morgan fingerprint density at radius 1 is 0.500 bits per heavy atom. The van der Waals surface area contributed by atoms with Crippen LogP contribution in [0.5, 0.6) is 0 Å². The van der Waals surface area contributed by atoms with E-state index in [4.69, 9.17) is 0 Å². The van der Waals surface area contributed by atoms with E-state index in [0.717, 1.165) is 44.1 Å². The summed E-state index contributed by atoms with van der Waals surface area (Å²) in [6, 6.07) is 0. The Balaban J connectivity index is 5.37. The highest BCUT2D eigenvalue weighted by Gasteiger charge is 2.01. The number of hydrogen-bond donors (Lipinski definition) is 0. The fourth-order valence-corrected chi connectivity index (χ4v) is 2.45. The smallest absolute Gasteiger partial charge is 0.0859 e. The van der Waals surface area contributed by atoms with E-state index in [1.54, 1.807) is 0 Å². The summed E-state index contributed by atoms with van der Waals surface area (Å²) < 4.78 is 0. The van der Waals surface area contributed by atoms with Gasteiger partial charge in [-0.15, -0.1) is 0 Å². The molecule has 0 spiro atoms. The van der Waals surface area contributed by atoms with Gasteiger partial charge in [0, 0.05) is 24.8 Å². The molecule has 0 aromatic heterocycles. The Morgan fingerprint density at radius 3 is 1.50 bits per heavy atom. The van der Waals surface area contributed by atoms with Crippen LogP contribution in [0.15, 0.2) is 11.1 Å². The summed E-state index contributed by atoms with van der Waals surface area (Å²) in [5.74, 6) is 20.2. The molecule has 0 aliphatic carbocycles. The Morgan fingerprint density at radius 2 is 0.962 bits per heavy atom. The third-order valence-electron chi connectivity index (χ3n) is 4.21. The van der Waals surface area contributed by atoms with Gasteiger partial charge in [-0.2, -0.15) is 0 Å². The third kappa shape index (κ3) is 14.7. The fraction of sp³-hybridized carbons (Fsp3) is 0.692. The second-order valence-corrected chi connectivity index (χ2v) is 6.88. The Hall–Kier alpha value is -1.58. The van der Waals surface area contributed by atoms with Crippen molar-refractivity contribution in [1.29, 1.82) is 0 Å². The molecule has 0 nitrogen and oxygen atoms in total. The molecule has 0 bridgehead atoms. The topological polar surface area (TPSA) is 0 Å². The lowest BCUT2D eigenvalue weighted by atomic mass is 10.0. The summed E-state index contributed by atoms with van der Waals surface area (Å²) >= 11 is 0. The van der Waals surface area contributed by atoms with Crippen LogP contribution < -0.4 is 0 Å². The van der Waals surface area contributed by atoms with Crippen LogP contribution in [-0.2, 0) is 0 Å². The summed E-state index contributed by atoms with van der Waals surface area (Å²) in [7, 11) is 0. The molecule has 144 valence electrons. The summed E-state index contributed by atoms with van der Waals surface area (Å²) in [6.45, 7) is 8.90. The standard InChI is InChI=1S/C26H40/c1-5-9-13-16-20-24-25(21-17-12-8-4)26(22-18-14-10-6-2)23-19-15-11-7-3/h5-17,21H2,1-4H3. The second kappa shape index (κ2) is 19.7. The minimum atomic E-state index is 0.961. The number of allylic oxidation sites excluding steroid dienone is 2. The van der Waals surface area contributed by atoms with Crippen molar-refractivity contribution in [3.8, 4) is 35.5 Å². The Labute approximate surface area is 164 Å². The second-order valence-electron chi connectivity index (χ2n) is 6.88. The van der Waals surface area contributed by atoms with Crippen molar-refractivity contribution in [2.45, 2.75) is 118 Å². The molecule has 26 heavy (non-hydrogen) atoms. The highest BCUT2D eigenvalue weighted by molar-refractivity contribution is 5.53. The van der Waals surface area contributed by atoms with Crippen LogP contribution in [0.2, 0.25) is 0 Å². The molecular formula is C26H40. The first-order chi connectivity index (χ1) is 12.8. The lowest BCUT2D eigenvalue weighted by Crippen LogP contribution is -1.89. The monoisotopic (exact) mass is 352 g/mol. The van der Waals surface area contributed by atoms with Gasteiger partial charge in [0.05, 0.1) is 5.57 Å². The van der Waals surface area contributed by atoms with Gasteiger partial charge in [0.2, 0.25) is 0 Å². The lowest BCUT2D eigenvalue weighted by Gasteiger charge is -2.01. The zero-order valence-corrected chi connectivity index (χ0v) is 17.9. The minimum absolute atomic E-state index is 0.961. The molecule has 0 radical (unpaired) electrons. The molecule has 0 rings (SSSR count). The maximum absolute atomic E-state index is 3.44. The van der Waals surface area contributed by atoms with Gasteiger partial charge in [-0.3, -0.25) is 0 Å². The van der Waals surface area contributed by atoms with E-state index < -0.39 is 0 Å². The Bertz CT molecular complexity index is 514. The van der Waals surface area contributed by atoms with E-state index in [1.165, 1.54) is 56.9 Å². The zero-order chi connectivity index (χ0) is 19.3. The first kappa shape index (κ1) is 24.4. The van der Waals surface area contributed by atoms with Crippen LogP contribution in [0.1, 0.15) is 118 Å². The van der Waals surface area contributed by atoms with Gasteiger partial charge < -0.3 is 0 Å². The fourth-order valence-electron chi connectivity index (χ4n) is 2.45. The molecule has 0 aliphatic rings. The normalized spacial score (nSPS) is 9.23. The molecule has 0 amide bonds. The predicted molar refractivity (Wildman–Crippen MR) is 118 cm³/mol. The van der Waals surface area contributed by atoms with Crippen molar-refractivity contribution < 1.29 is 0 Å². The molecule has 0 aliphatic heterocycles. The molecule has 0 fully saturated rings. The Kier molecular flexibility index (Phi) is 18.5. The largest absolute Gasteiger partial charge is 0.0982 e. The molecule has 0 unspecified atom stereocenters.